The summed E-state index contributed by atoms with van der Waals surface area (Å²) in [6.07, 6.45) is 5.15. The van der Waals surface area contributed by atoms with Crippen LogP contribution < -0.4 is 9.47 Å². The summed E-state index contributed by atoms with van der Waals surface area (Å²) in [6, 6.07) is 5.85. The molecule has 2 rings (SSSR count). The lowest BCUT2D eigenvalue weighted by Crippen LogP contribution is -1.99. The summed E-state index contributed by atoms with van der Waals surface area (Å²) >= 11 is 0. The number of hydrogen-bond donors (Lipinski definition) is 1. The van der Waals surface area contributed by atoms with Crippen molar-refractivity contribution in [2.75, 3.05) is 14.2 Å². The molecular formula is C17H23NO3. The zero-order valence-corrected chi connectivity index (χ0v) is 13.0. The third-order valence-electron chi connectivity index (χ3n) is 3.93. The summed E-state index contributed by atoms with van der Waals surface area (Å²) < 4.78 is 10.6. The number of hydrogen-bond acceptors (Lipinski definition) is 4. The van der Waals surface area contributed by atoms with Gasteiger partial charge in [0.05, 0.1) is 19.9 Å². The fraction of sp³-hybridized carbons (Fsp3) is 0.471. The zero-order valence-electron chi connectivity index (χ0n) is 13.0. The molecule has 0 aromatic heterocycles. The van der Waals surface area contributed by atoms with E-state index in [1.165, 1.54) is 5.57 Å². The van der Waals surface area contributed by atoms with Crippen molar-refractivity contribution in [1.82, 2.24) is 0 Å². The first-order chi connectivity index (χ1) is 10.2. The van der Waals surface area contributed by atoms with Gasteiger partial charge in [-0.3, -0.25) is 0 Å². The molecule has 4 nitrogen and oxygen atoms in total. The van der Waals surface area contributed by atoms with Crippen LogP contribution in [0.25, 0.3) is 5.57 Å². The Hall–Kier alpha value is -1.97. The molecule has 114 valence electrons. The number of ether oxygens (including phenoxy) is 2. The Labute approximate surface area is 126 Å². The Balaban J connectivity index is 2.44. The van der Waals surface area contributed by atoms with Gasteiger partial charge in [0.15, 0.2) is 11.5 Å². The molecule has 4 heteroatoms. The lowest BCUT2D eigenvalue weighted by molar-refractivity contribution is 0.319. The molecule has 1 aliphatic rings. The fourth-order valence-electron chi connectivity index (χ4n) is 2.83. The number of allylic oxidation sites excluding steroid dienone is 2. The first kappa shape index (κ1) is 15.4. The van der Waals surface area contributed by atoms with Crippen LogP contribution in [-0.4, -0.2) is 25.1 Å². The molecule has 0 radical (unpaired) electrons. The molecular weight excluding hydrogens is 266 g/mol. The van der Waals surface area contributed by atoms with Crippen LogP contribution in [0.2, 0.25) is 0 Å². The Morgan fingerprint density at radius 1 is 1.14 bits per heavy atom. The van der Waals surface area contributed by atoms with Gasteiger partial charge in [-0.1, -0.05) is 30.1 Å². The average Bonchev–Trinajstić information content (AvgIpc) is 2.95. The van der Waals surface area contributed by atoms with Gasteiger partial charge in [0.2, 0.25) is 0 Å². The van der Waals surface area contributed by atoms with Gasteiger partial charge >= 0.3 is 0 Å². The largest absolute Gasteiger partial charge is 0.493 e. The first-order valence-electron chi connectivity index (χ1n) is 7.40. The second kappa shape index (κ2) is 7.16. The summed E-state index contributed by atoms with van der Waals surface area (Å²) in [5.74, 6) is 1.40. The molecule has 1 aliphatic carbocycles. The minimum Gasteiger partial charge on any atom is -0.493 e. The van der Waals surface area contributed by atoms with Crippen LogP contribution >= 0.6 is 0 Å². The molecule has 1 aromatic carbocycles. The van der Waals surface area contributed by atoms with E-state index >= 15 is 0 Å². The Morgan fingerprint density at radius 2 is 1.90 bits per heavy atom. The van der Waals surface area contributed by atoms with Gasteiger partial charge < -0.3 is 14.7 Å². The van der Waals surface area contributed by atoms with Gasteiger partial charge in [-0.25, -0.2) is 0 Å². The predicted octanol–water partition coefficient (Wildman–Crippen LogP) is 4.27. The maximum Gasteiger partial charge on any atom is 0.161 e. The molecule has 0 spiro atoms. The molecule has 0 atom stereocenters. The normalized spacial score (nSPS) is 16.6. The molecule has 0 heterocycles. The number of rotatable bonds is 6. The Bertz CT molecular complexity index is 561. The van der Waals surface area contributed by atoms with Gasteiger partial charge in [-0.2, -0.15) is 0 Å². The summed E-state index contributed by atoms with van der Waals surface area (Å²) in [4.78, 5) is 0. The highest BCUT2D eigenvalue weighted by Crippen LogP contribution is 2.38. The van der Waals surface area contributed by atoms with Crippen molar-refractivity contribution >= 4 is 11.3 Å². The van der Waals surface area contributed by atoms with E-state index in [0.29, 0.717) is 11.5 Å². The van der Waals surface area contributed by atoms with E-state index in [4.69, 9.17) is 9.47 Å². The van der Waals surface area contributed by atoms with Gasteiger partial charge in [0.1, 0.15) is 0 Å². The number of oxime groups is 1. The van der Waals surface area contributed by atoms with Gasteiger partial charge in [0.25, 0.3) is 0 Å². The molecule has 0 aliphatic heterocycles. The molecule has 0 saturated carbocycles. The van der Waals surface area contributed by atoms with E-state index in [2.05, 4.69) is 12.1 Å². The SMILES string of the molecule is CCCCC1=C(c2ccc(OC)c(OC)c2)C(=NO)CC1. The van der Waals surface area contributed by atoms with Crippen molar-refractivity contribution in [3.8, 4) is 11.5 Å². The van der Waals surface area contributed by atoms with Crippen LogP contribution in [0.3, 0.4) is 0 Å². The molecule has 21 heavy (non-hydrogen) atoms. The number of unbranched alkanes of at least 4 members (excludes halogenated alkanes) is 1. The molecule has 0 bridgehead atoms. The Morgan fingerprint density at radius 3 is 2.52 bits per heavy atom. The van der Waals surface area contributed by atoms with Crippen LogP contribution in [0.4, 0.5) is 0 Å². The lowest BCUT2D eigenvalue weighted by Gasteiger charge is -2.12. The second-order valence-electron chi connectivity index (χ2n) is 5.20. The topological polar surface area (TPSA) is 51.0 Å². The third kappa shape index (κ3) is 3.20. The highest BCUT2D eigenvalue weighted by Gasteiger charge is 2.23. The van der Waals surface area contributed by atoms with Crippen LogP contribution in [0.5, 0.6) is 11.5 Å². The monoisotopic (exact) mass is 289 g/mol. The highest BCUT2D eigenvalue weighted by molar-refractivity contribution is 6.26. The third-order valence-corrected chi connectivity index (χ3v) is 3.93. The van der Waals surface area contributed by atoms with E-state index in [1.54, 1.807) is 14.2 Å². The zero-order chi connectivity index (χ0) is 15.2. The maximum absolute atomic E-state index is 9.27. The van der Waals surface area contributed by atoms with Gasteiger partial charge in [0, 0.05) is 5.57 Å². The van der Waals surface area contributed by atoms with E-state index in [0.717, 1.165) is 49.0 Å². The summed E-state index contributed by atoms with van der Waals surface area (Å²) in [6.45, 7) is 2.19. The summed E-state index contributed by atoms with van der Waals surface area (Å²) in [7, 11) is 3.25. The van der Waals surface area contributed by atoms with Crippen molar-refractivity contribution in [1.29, 1.82) is 0 Å². The Kier molecular flexibility index (Phi) is 5.26. The average molecular weight is 289 g/mol. The molecule has 0 unspecified atom stereocenters. The van der Waals surface area contributed by atoms with Gasteiger partial charge in [-0.15, -0.1) is 0 Å². The molecule has 1 aromatic rings. The number of benzene rings is 1. The van der Waals surface area contributed by atoms with Crippen molar-refractivity contribution < 1.29 is 14.7 Å². The van der Waals surface area contributed by atoms with Crippen LogP contribution in [-0.2, 0) is 0 Å². The number of nitrogens with zero attached hydrogens (tertiary/aromatic N) is 1. The van der Waals surface area contributed by atoms with Crippen LogP contribution in [0, 0.1) is 0 Å². The van der Waals surface area contributed by atoms with E-state index < -0.39 is 0 Å². The van der Waals surface area contributed by atoms with Crippen molar-refractivity contribution in [2.24, 2.45) is 5.16 Å². The molecule has 0 fully saturated rings. The standard InChI is InChI=1S/C17H23NO3/c1-4-5-6-12-7-9-14(18-19)17(12)13-8-10-15(20-2)16(11-13)21-3/h8,10-11,19H,4-7,9H2,1-3H3. The van der Waals surface area contributed by atoms with E-state index in [1.807, 2.05) is 18.2 Å². The maximum atomic E-state index is 9.27. The fourth-order valence-corrected chi connectivity index (χ4v) is 2.83. The second-order valence-corrected chi connectivity index (χ2v) is 5.20. The van der Waals surface area contributed by atoms with Crippen LogP contribution in [0.15, 0.2) is 28.9 Å². The first-order valence-corrected chi connectivity index (χ1v) is 7.40. The predicted molar refractivity (Wildman–Crippen MR) is 84.4 cm³/mol. The van der Waals surface area contributed by atoms with E-state index in [-0.39, 0.29) is 0 Å². The minimum absolute atomic E-state index is 0.696. The minimum atomic E-state index is 0.696. The molecule has 1 N–H and O–H groups in total. The summed E-state index contributed by atoms with van der Waals surface area (Å²) in [5.41, 5.74) is 4.25. The van der Waals surface area contributed by atoms with Crippen LogP contribution in [0.1, 0.15) is 44.6 Å². The molecule has 0 amide bonds. The number of methoxy groups -OCH3 is 2. The summed E-state index contributed by atoms with van der Waals surface area (Å²) in [5, 5.41) is 12.8. The van der Waals surface area contributed by atoms with Gasteiger partial charge in [-0.05, 0) is 43.4 Å². The quantitative estimate of drug-likeness (QED) is 0.628. The van der Waals surface area contributed by atoms with Crippen molar-refractivity contribution in [2.45, 2.75) is 39.0 Å². The van der Waals surface area contributed by atoms with Crippen molar-refractivity contribution in [3.05, 3.63) is 29.3 Å². The highest BCUT2D eigenvalue weighted by atomic mass is 16.5. The van der Waals surface area contributed by atoms with E-state index in [9.17, 15) is 5.21 Å². The van der Waals surface area contributed by atoms with Crippen molar-refractivity contribution in [3.63, 3.8) is 0 Å². The molecule has 0 saturated heterocycles. The smallest absolute Gasteiger partial charge is 0.161 e. The lowest BCUT2D eigenvalue weighted by atomic mass is 9.97.